The first-order chi connectivity index (χ1) is 8.19. The van der Waals surface area contributed by atoms with Gasteiger partial charge in [0.1, 0.15) is 0 Å². The maximum absolute atomic E-state index is 2.44. The fourth-order valence-corrected chi connectivity index (χ4v) is 4.52. The van der Waals surface area contributed by atoms with Crippen LogP contribution >= 0.6 is 0 Å². The molecule has 0 aliphatic carbocycles. The van der Waals surface area contributed by atoms with E-state index in [-0.39, 0.29) is 0 Å². The Labute approximate surface area is 116 Å². The zero-order chi connectivity index (χ0) is 14.1. The first-order valence-corrected chi connectivity index (χ1v) is 8.05. The maximum Gasteiger partial charge on any atom is 0.0835 e. The van der Waals surface area contributed by atoms with Gasteiger partial charge in [0.15, 0.2) is 0 Å². The average molecular weight is 254 g/mol. The Morgan fingerprint density at radius 2 is 1.00 bits per heavy atom. The van der Waals surface area contributed by atoms with Gasteiger partial charge in [-0.25, -0.2) is 0 Å². The monoisotopic (exact) mass is 254 g/mol. The van der Waals surface area contributed by atoms with E-state index in [0.717, 1.165) is 23.9 Å². The number of rotatable bonds is 4. The molecule has 0 amide bonds. The van der Waals surface area contributed by atoms with E-state index in [0.29, 0.717) is 5.41 Å². The van der Waals surface area contributed by atoms with Crippen molar-refractivity contribution in [3.63, 3.8) is 0 Å². The van der Waals surface area contributed by atoms with Crippen molar-refractivity contribution in [3.8, 4) is 0 Å². The Hall–Kier alpha value is -0.0400. The van der Waals surface area contributed by atoms with Crippen LogP contribution in [-0.2, 0) is 0 Å². The minimum atomic E-state index is 0.589. The summed E-state index contributed by atoms with van der Waals surface area (Å²) in [6.07, 6.45) is 2.83. The van der Waals surface area contributed by atoms with E-state index in [9.17, 15) is 0 Å². The van der Waals surface area contributed by atoms with Crippen molar-refractivity contribution in [1.29, 1.82) is 0 Å². The topological polar surface area (TPSA) is 0 Å². The summed E-state index contributed by atoms with van der Waals surface area (Å²) in [5, 5.41) is 0. The lowest BCUT2D eigenvalue weighted by atomic mass is 9.62. The fourth-order valence-electron chi connectivity index (χ4n) is 4.52. The molecule has 1 fully saturated rings. The Morgan fingerprint density at radius 3 is 1.22 bits per heavy atom. The van der Waals surface area contributed by atoms with Crippen LogP contribution in [0.25, 0.3) is 0 Å². The lowest BCUT2D eigenvalue weighted by molar-refractivity contribution is -0.973. The molecule has 1 aliphatic heterocycles. The van der Waals surface area contributed by atoms with E-state index in [2.05, 4.69) is 55.4 Å². The second-order valence-corrected chi connectivity index (χ2v) is 7.78. The van der Waals surface area contributed by atoms with Gasteiger partial charge in [-0.2, -0.15) is 0 Å². The third-order valence-corrected chi connectivity index (χ3v) is 6.34. The lowest BCUT2D eigenvalue weighted by Crippen LogP contribution is -2.63. The third kappa shape index (κ3) is 2.48. The molecule has 1 nitrogen and oxygen atoms in total. The van der Waals surface area contributed by atoms with Crippen LogP contribution in [0.2, 0.25) is 0 Å². The minimum absolute atomic E-state index is 0.589. The van der Waals surface area contributed by atoms with Crippen molar-refractivity contribution in [2.24, 2.45) is 17.3 Å². The summed E-state index contributed by atoms with van der Waals surface area (Å²) in [4.78, 5) is 0. The molecule has 0 aromatic heterocycles. The van der Waals surface area contributed by atoms with Crippen molar-refractivity contribution in [2.75, 3.05) is 13.1 Å². The third-order valence-electron chi connectivity index (χ3n) is 6.34. The molecule has 0 N–H and O–H groups in total. The molecule has 1 heterocycles. The Kier molecular flexibility index (Phi) is 4.92. The molecule has 0 bridgehead atoms. The number of quaternary nitrogens is 1. The van der Waals surface area contributed by atoms with Crippen LogP contribution in [-0.4, -0.2) is 29.7 Å². The highest BCUT2D eigenvalue weighted by Gasteiger charge is 2.48. The predicted octanol–water partition coefficient (Wildman–Crippen LogP) is 4.71. The molecule has 18 heavy (non-hydrogen) atoms. The highest BCUT2D eigenvalue weighted by molar-refractivity contribution is 4.88. The number of piperidine rings is 1. The number of hydrogen-bond donors (Lipinski definition) is 0. The van der Waals surface area contributed by atoms with E-state index < -0.39 is 0 Å². The first kappa shape index (κ1) is 16.0. The number of likely N-dealkylation sites (tertiary alicyclic amines) is 1. The summed E-state index contributed by atoms with van der Waals surface area (Å²) in [6, 6.07) is 1.53. The number of hydrogen-bond acceptors (Lipinski definition) is 0. The van der Waals surface area contributed by atoms with E-state index in [4.69, 9.17) is 0 Å². The lowest BCUT2D eigenvalue weighted by Gasteiger charge is -2.55. The van der Waals surface area contributed by atoms with E-state index in [1.807, 2.05) is 0 Å². The minimum Gasteiger partial charge on any atom is -0.320 e. The highest BCUT2D eigenvalue weighted by atomic mass is 15.4. The Bertz CT molecular complexity index is 207. The van der Waals surface area contributed by atoms with Gasteiger partial charge in [0.2, 0.25) is 0 Å². The predicted molar refractivity (Wildman–Crippen MR) is 81.6 cm³/mol. The molecule has 108 valence electrons. The van der Waals surface area contributed by atoms with Crippen molar-refractivity contribution in [1.82, 2.24) is 0 Å². The Morgan fingerprint density at radius 1 is 0.667 bits per heavy atom. The van der Waals surface area contributed by atoms with Crippen LogP contribution in [0.4, 0.5) is 0 Å². The summed E-state index contributed by atoms with van der Waals surface area (Å²) >= 11 is 0. The van der Waals surface area contributed by atoms with Crippen molar-refractivity contribution >= 4 is 0 Å². The molecule has 0 atom stereocenters. The average Bonchev–Trinajstić information content (AvgIpc) is 2.27. The van der Waals surface area contributed by atoms with Crippen molar-refractivity contribution in [2.45, 2.75) is 80.3 Å². The molecule has 0 spiro atoms. The molecule has 1 aliphatic rings. The zero-order valence-corrected chi connectivity index (χ0v) is 14.1. The highest BCUT2D eigenvalue weighted by Crippen LogP contribution is 2.47. The van der Waals surface area contributed by atoms with Gasteiger partial charge >= 0.3 is 0 Å². The molecular weight excluding hydrogens is 218 g/mol. The van der Waals surface area contributed by atoms with E-state index >= 15 is 0 Å². The van der Waals surface area contributed by atoms with Crippen LogP contribution in [0.5, 0.6) is 0 Å². The summed E-state index contributed by atoms with van der Waals surface area (Å²) in [7, 11) is 0. The van der Waals surface area contributed by atoms with Gasteiger partial charge in [-0.15, -0.1) is 0 Å². The number of nitrogens with zero attached hydrogens (tertiary/aromatic N) is 1. The molecule has 0 saturated carbocycles. The summed E-state index contributed by atoms with van der Waals surface area (Å²) < 4.78 is 1.33. The SMILES string of the molecule is CC(C)C1(C(C)C)CC[N+](C(C)C)(C(C)C)CC1. The summed E-state index contributed by atoms with van der Waals surface area (Å²) in [5.41, 5.74) is 0.589. The first-order valence-electron chi connectivity index (χ1n) is 8.05. The van der Waals surface area contributed by atoms with Crippen molar-refractivity contribution < 1.29 is 4.48 Å². The molecular formula is C17H36N+. The molecule has 1 heteroatoms. The van der Waals surface area contributed by atoms with Crippen LogP contribution in [0.15, 0.2) is 0 Å². The van der Waals surface area contributed by atoms with Gasteiger partial charge in [-0.1, -0.05) is 27.7 Å². The van der Waals surface area contributed by atoms with Gasteiger partial charge in [0, 0.05) is 12.8 Å². The van der Waals surface area contributed by atoms with Crippen molar-refractivity contribution in [3.05, 3.63) is 0 Å². The molecule has 0 radical (unpaired) electrons. The normalized spacial score (nSPS) is 23.3. The molecule has 1 saturated heterocycles. The molecule has 0 aromatic rings. The second-order valence-electron chi connectivity index (χ2n) is 7.78. The smallest absolute Gasteiger partial charge is 0.0835 e. The zero-order valence-electron chi connectivity index (χ0n) is 14.1. The standard InChI is InChI=1S/C17H36N/c1-13(2)17(14(3)4)9-11-18(12-10-17,15(5)6)16(7)8/h13-16H,9-12H2,1-8H3/q+1. The van der Waals surface area contributed by atoms with Gasteiger partial charge in [-0.3, -0.25) is 0 Å². The van der Waals surface area contributed by atoms with Crippen LogP contribution in [0.3, 0.4) is 0 Å². The van der Waals surface area contributed by atoms with E-state index in [1.165, 1.54) is 30.4 Å². The van der Waals surface area contributed by atoms with Gasteiger partial charge in [0.25, 0.3) is 0 Å². The molecule has 0 aromatic carbocycles. The van der Waals surface area contributed by atoms with Gasteiger partial charge < -0.3 is 4.48 Å². The largest absolute Gasteiger partial charge is 0.320 e. The molecule has 1 rings (SSSR count). The maximum atomic E-state index is 2.44. The Balaban J connectivity index is 2.91. The summed E-state index contributed by atoms with van der Waals surface area (Å²) in [5.74, 6) is 1.64. The second kappa shape index (κ2) is 5.53. The van der Waals surface area contributed by atoms with E-state index in [1.54, 1.807) is 0 Å². The van der Waals surface area contributed by atoms with Gasteiger partial charge in [0.05, 0.1) is 25.2 Å². The molecule has 0 unspecified atom stereocenters. The fraction of sp³-hybridized carbons (Fsp3) is 1.00. The van der Waals surface area contributed by atoms with Gasteiger partial charge in [-0.05, 0) is 44.9 Å². The quantitative estimate of drug-likeness (QED) is 0.637. The van der Waals surface area contributed by atoms with Crippen LogP contribution in [0, 0.1) is 17.3 Å². The van der Waals surface area contributed by atoms with Crippen LogP contribution in [0.1, 0.15) is 68.2 Å². The summed E-state index contributed by atoms with van der Waals surface area (Å²) in [6.45, 7) is 22.2. The van der Waals surface area contributed by atoms with Crippen LogP contribution < -0.4 is 0 Å².